The van der Waals surface area contributed by atoms with E-state index in [2.05, 4.69) is 15.5 Å². The molecule has 2 heterocycles. The number of carbonyl (C=O) groups is 1. The molecule has 0 spiro atoms. The van der Waals surface area contributed by atoms with E-state index in [1.807, 2.05) is 48.5 Å². The van der Waals surface area contributed by atoms with E-state index in [0.717, 1.165) is 22.4 Å². The first-order chi connectivity index (χ1) is 12.2. The molecular formula is C19H17N3O3. The van der Waals surface area contributed by atoms with E-state index in [9.17, 15) is 4.79 Å². The number of nitrogens with zero attached hydrogens (tertiary/aromatic N) is 1. The number of nitrogens with one attached hydrogen (secondary N) is 2. The van der Waals surface area contributed by atoms with Crippen molar-refractivity contribution in [2.75, 3.05) is 14.2 Å². The number of fused-ring (bicyclic) bond motifs is 1. The number of amides is 1. The lowest BCUT2D eigenvalue weighted by Crippen LogP contribution is -2.21. The lowest BCUT2D eigenvalue weighted by atomic mass is 9.96. The second-order valence-corrected chi connectivity index (χ2v) is 5.75. The van der Waals surface area contributed by atoms with E-state index < -0.39 is 0 Å². The van der Waals surface area contributed by atoms with Crippen LogP contribution in [0.25, 0.3) is 11.3 Å². The number of H-pyrrole nitrogens is 1. The minimum absolute atomic E-state index is 0.163. The Balaban J connectivity index is 1.83. The smallest absolute Gasteiger partial charge is 0.270 e. The zero-order valence-electron chi connectivity index (χ0n) is 13.9. The van der Waals surface area contributed by atoms with Gasteiger partial charge in [-0.2, -0.15) is 5.10 Å². The van der Waals surface area contributed by atoms with Gasteiger partial charge in [-0.05, 0) is 17.7 Å². The average molecular weight is 335 g/mol. The Morgan fingerprint density at radius 3 is 2.48 bits per heavy atom. The van der Waals surface area contributed by atoms with Crippen LogP contribution in [0.3, 0.4) is 0 Å². The second kappa shape index (κ2) is 5.98. The number of carbonyl (C=O) groups excluding carboxylic acids is 1. The minimum atomic E-state index is -0.295. The van der Waals surface area contributed by atoms with Gasteiger partial charge >= 0.3 is 0 Å². The number of hydrogen-bond acceptors (Lipinski definition) is 4. The van der Waals surface area contributed by atoms with Gasteiger partial charge in [0, 0.05) is 11.1 Å². The van der Waals surface area contributed by atoms with Crippen molar-refractivity contribution in [1.29, 1.82) is 0 Å². The third-order valence-electron chi connectivity index (χ3n) is 4.38. The predicted molar refractivity (Wildman–Crippen MR) is 92.9 cm³/mol. The molecule has 0 saturated carbocycles. The number of aromatic amines is 1. The topological polar surface area (TPSA) is 76.2 Å². The number of hydrogen-bond donors (Lipinski definition) is 2. The van der Waals surface area contributed by atoms with Crippen LogP contribution in [-0.4, -0.2) is 30.3 Å². The summed E-state index contributed by atoms with van der Waals surface area (Å²) in [6, 6.07) is 15.1. The van der Waals surface area contributed by atoms with E-state index in [-0.39, 0.29) is 11.9 Å². The molecule has 4 rings (SSSR count). The van der Waals surface area contributed by atoms with Gasteiger partial charge in [-0.3, -0.25) is 9.89 Å². The zero-order valence-corrected chi connectivity index (χ0v) is 13.9. The number of rotatable bonds is 4. The van der Waals surface area contributed by atoms with Crippen LogP contribution < -0.4 is 14.8 Å². The molecule has 1 aromatic heterocycles. The van der Waals surface area contributed by atoms with Gasteiger partial charge < -0.3 is 14.8 Å². The van der Waals surface area contributed by atoms with Gasteiger partial charge in [0.15, 0.2) is 11.5 Å². The summed E-state index contributed by atoms with van der Waals surface area (Å²) in [5.41, 5.74) is 3.99. The first-order valence-corrected chi connectivity index (χ1v) is 7.89. The average Bonchev–Trinajstić information content (AvgIpc) is 3.23. The first kappa shape index (κ1) is 15.3. The van der Waals surface area contributed by atoms with Crippen molar-refractivity contribution in [2.45, 2.75) is 6.04 Å². The first-order valence-electron chi connectivity index (χ1n) is 7.89. The molecule has 1 amide bonds. The summed E-state index contributed by atoms with van der Waals surface area (Å²) in [5.74, 6) is 1.10. The quantitative estimate of drug-likeness (QED) is 0.769. The Kier molecular flexibility index (Phi) is 3.65. The Hall–Kier alpha value is -3.28. The molecule has 1 aliphatic rings. The standard InChI is InChI=1S/C19H17N3O3/c1-24-13-9-8-12(10-14(13)25-2)16-15-17(11-6-4-3-5-7-11)21-22-18(15)19(23)20-16/h3-10,16H,1-2H3,(H,20,23)(H,21,22). The predicted octanol–water partition coefficient (Wildman–Crippen LogP) is 2.93. The molecule has 0 bridgehead atoms. The maximum Gasteiger partial charge on any atom is 0.270 e. The maximum absolute atomic E-state index is 12.3. The van der Waals surface area contributed by atoms with Crippen molar-refractivity contribution < 1.29 is 14.3 Å². The van der Waals surface area contributed by atoms with Crippen LogP contribution in [0.15, 0.2) is 48.5 Å². The summed E-state index contributed by atoms with van der Waals surface area (Å²) in [4.78, 5) is 12.3. The van der Waals surface area contributed by atoms with Crippen molar-refractivity contribution in [3.05, 3.63) is 65.4 Å². The van der Waals surface area contributed by atoms with E-state index in [1.54, 1.807) is 14.2 Å². The van der Waals surface area contributed by atoms with Gasteiger partial charge in [0.1, 0.15) is 5.69 Å². The van der Waals surface area contributed by atoms with Crippen LogP contribution in [0.5, 0.6) is 11.5 Å². The molecule has 0 saturated heterocycles. The molecule has 0 fully saturated rings. The van der Waals surface area contributed by atoms with E-state index in [1.165, 1.54) is 0 Å². The molecule has 1 aliphatic heterocycles. The Labute approximate surface area is 144 Å². The second-order valence-electron chi connectivity index (χ2n) is 5.75. The van der Waals surface area contributed by atoms with Crippen LogP contribution in [0.2, 0.25) is 0 Å². The summed E-state index contributed by atoms with van der Waals surface area (Å²) >= 11 is 0. The molecule has 0 radical (unpaired) electrons. The number of benzene rings is 2. The summed E-state index contributed by atoms with van der Waals surface area (Å²) in [5, 5.41) is 10.2. The lowest BCUT2D eigenvalue weighted by molar-refractivity contribution is 0.0955. The highest BCUT2D eigenvalue weighted by Crippen LogP contribution is 2.39. The fraction of sp³-hybridized carbons (Fsp3) is 0.158. The van der Waals surface area contributed by atoms with Crippen LogP contribution in [-0.2, 0) is 0 Å². The number of methoxy groups -OCH3 is 2. The molecule has 1 unspecified atom stereocenters. The maximum atomic E-state index is 12.3. The summed E-state index contributed by atoms with van der Waals surface area (Å²) in [6.07, 6.45) is 0. The SMILES string of the molecule is COc1ccc(C2NC(=O)c3[nH]nc(-c4ccccc4)c32)cc1OC. The fourth-order valence-corrected chi connectivity index (χ4v) is 3.18. The Bertz CT molecular complexity index is 934. The van der Waals surface area contributed by atoms with Crippen molar-refractivity contribution in [3.63, 3.8) is 0 Å². The Morgan fingerprint density at radius 1 is 1.00 bits per heavy atom. The summed E-state index contributed by atoms with van der Waals surface area (Å²) in [7, 11) is 3.18. The third-order valence-corrected chi connectivity index (χ3v) is 4.38. The molecule has 25 heavy (non-hydrogen) atoms. The zero-order chi connectivity index (χ0) is 17.4. The van der Waals surface area contributed by atoms with Crippen molar-refractivity contribution >= 4 is 5.91 Å². The Morgan fingerprint density at radius 2 is 1.76 bits per heavy atom. The van der Waals surface area contributed by atoms with E-state index in [0.29, 0.717) is 17.2 Å². The molecular weight excluding hydrogens is 318 g/mol. The highest BCUT2D eigenvalue weighted by molar-refractivity contribution is 6.00. The molecule has 1 atom stereocenters. The van der Waals surface area contributed by atoms with Gasteiger partial charge in [0.25, 0.3) is 5.91 Å². The van der Waals surface area contributed by atoms with Crippen molar-refractivity contribution in [2.24, 2.45) is 0 Å². The van der Waals surface area contributed by atoms with Crippen molar-refractivity contribution in [3.8, 4) is 22.8 Å². The monoisotopic (exact) mass is 335 g/mol. The number of aromatic nitrogens is 2. The van der Waals surface area contributed by atoms with Crippen LogP contribution in [0, 0.1) is 0 Å². The van der Waals surface area contributed by atoms with E-state index >= 15 is 0 Å². The van der Waals surface area contributed by atoms with Gasteiger partial charge in [-0.25, -0.2) is 0 Å². The van der Waals surface area contributed by atoms with Crippen LogP contribution in [0.1, 0.15) is 27.7 Å². The normalized spacial score (nSPS) is 15.6. The molecule has 3 aromatic rings. The number of ether oxygens (including phenoxy) is 2. The third kappa shape index (κ3) is 2.42. The van der Waals surface area contributed by atoms with E-state index in [4.69, 9.17) is 9.47 Å². The van der Waals surface area contributed by atoms with Gasteiger partial charge in [0.2, 0.25) is 0 Å². The van der Waals surface area contributed by atoms with Crippen LogP contribution >= 0.6 is 0 Å². The highest BCUT2D eigenvalue weighted by Gasteiger charge is 2.35. The minimum Gasteiger partial charge on any atom is -0.493 e. The van der Waals surface area contributed by atoms with Gasteiger partial charge in [-0.1, -0.05) is 36.4 Å². The molecule has 6 nitrogen and oxygen atoms in total. The molecule has 2 aromatic carbocycles. The fourth-order valence-electron chi connectivity index (χ4n) is 3.18. The largest absolute Gasteiger partial charge is 0.493 e. The van der Waals surface area contributed by atoms with Crippen LogP contribution in [0.4, 0.5) is 0 Å². The van der Waals surface area contributed by atoms with Crippen molar-refractivity contribution in [1.82, 2.24) is 15.5 Å². The summed E-state index contributed by atoms with van der Waals surface area (Å²) in [6.45, 7) is 0. The van der Waals surface area contributed by atoms with Gasteiger partial charge in [-0.15, -0.1) is 0 Å². The molecule has 126 valence electrons. The molecule has 0 aliphatic carbocycles. The van der Waals surface area contributed by atoms with Gasteiger partial charge in [0.05, 0.1) is 26.0 Å². The molecule has 2 N–H and O–H groups in total. The summed E-state index contributed by atoms with van der Waals surface area (Å²) < 4.78 is 10.7. The molecule has 6 heteroatoms. The highest BCUT2D eigenvalue weighted by atomic mass is 16.5. The lowest BCUT2D eigenvalue weighted by Gasteiger charge is -2.16.